The third kappa shape index (κ3) is 3.91. The van der Waals surface area contributed by atoms with Crippen LogP contribution in [0.3, 0.4) is 0 Å². The van der Waals surface area contributed by atoms with Crippen LogP contribution in [0.1, 0.15) is 12.6 Å². The van der Waals surface area contributed by atoms with Crippen LogP contribution in [0.15, 0.2) is 54.6 Å². The Balaban J connectivity index is 1.70. The van der Waals surface area contributed by atoms with E-state index < -0.39 is 0 Å². The molecular formula is C20H19N3O4S. The summed E-state index contributed by atoms with van der Waals surface area (Å²) in [6.07, 6.45) is 3.06. The number of carbonyl (C=O) groups is 1. The molecule has 0 unspecified atom stereocenters. The van der Waals surface area contributed by atoms with Crippen LogP contribution in [-0.2, 0) is 20.8 Å². The smallest absolute Gasteiger partial charge is 0.298 e. The van der Waals surface area contributed by atoms with Crippen LogP contribution in [0.4, 0.5) is 5.13 Å². The Morgan fingerprint density at radius 2 is 2.21 bits per heavy atom. The first-order valence-electron chi connectivity index (χ1n) is 8.94. The fraction of sp³-hybridized carbons (Fsp3) is 0.250. The van der Waals surface area contributed by atoms with Gasteiger partial charge in [0.25, 0.3) is 5.91 Å². The Morgan fingerprint density at radius 3 is 2.96 bits per heavy atom. The van der Waals surface area contributed by atoms with E-state index in [1.807, 2.05) is 43.3 Å². The number of rotatable bonds is 6. The summed E-state index contributed by atoms with van der Waals surface area (Å²) in [7, 11) is 0. The van der Waals surface area contributed by atoms with Crippen LogP contribution >= 0.6 is 11.3 Å². The summed E-state index contributed by atoms with van der Waals surface area (Å²) < 4.78 is 17.2. The summed E-state index contributed by atoms with van der Waals surface area (Å²) >= 11 is 1.42. The first kappa shape index (κ1) is 18.2. The number of amides is 1. The molecule has 3 aromatic rings. The summed E-state index contributed by atoms with van der Waals surface area (Å²) in [6.45, 7) is 3.58. The van der Waals surface area contributed by atoms with Gasteiger partial charge in [-0.25, -0.2) is 4.98 Å². The minimum Gasteiger partial charge on any atom is -0.494 e. The van der Waals surface area contributed by atoms with Gasteiger partial charge in [0.05, 0.1) is 29.1 Å². The third-order valence-electron chi connectivity index (χ3n) is 4.04. The van der Waals surface area contributed by atoms with Crippen LogP contribution < -0.4 is 9.64 Å². The number of ether oxygens (including phenoxy) is 3. The molecule has 0 atom stereocenters. The Bertz CT molecular complexity index is 1000. The molecule has 144 valence electrons. The lowest BCUT2D eigenvalue weighted by molar-refractivity contribution is -0.120. The maximum atomic E-state index is 13.1. The number of nitrogens with zero attached hydrogens (tertiary/aromatic N) is 3. The number of carbonyl (C=O) groups excluding carboxylic acids is 1. The lowest BCUT2D eigenvalue weighted by Crippen LogP contribution is -2.34. The summed E-state index contributed by atoms with van der Waals surface area (Å²) in [4.78, 5) is 23.7. The number of anilines is 1. The largest absolute Gasteiger partial charge is 0.494 e. The Labute approximate surface area is 166 Å². The van der Waals surface area contributed by atoms with E-state index in [9.17, 15) is 4.79 Å². The van der Waals surface area contributed by atoms with Gasteiger partial charge in [0, 0.05) is 6.20 Å². The van der Waals surface area contributed by atoms with Crippen molar-refractivity contribution >= 4 is 32.6 Å². The van der Waals surface area contributed by atoms with Crippen molar-refractivity contribution < 1.29 is 19.0 Å². The number of fused-ring (bicyclic) bond motifs is 1. The van der Waals surface area contributed by atoms with E-state index in [1.165, 1.54) is 17.6 Å². The molecule has 0 N–H and O–H groups in total. The molecule has 1 aromatic carbocycles. The average Bonchev–Trinajstić information content (AvgIpc) is 3.16. The van der Waals surface area contributed by atoms with Gasteiger partial charge in [0.15, 0.2) is 5.13 Å². The summed E-state index contributed by atoms with van der Waals surface area (Å²) in [5.74, 6) is 0.630. The standard InChI is InChI=1S/C20H19N3O4S/c1-2-26-15-6-7-16-18(11-15)28-20(22-16)23(12-14-5-3-4-8-21-14)19(24)17-13-25-9-10-27-17/h3-8,11,13H,2,9-10,12H2,1H3. The number of hydrogen-bond donors (Lipinski definition) is 0. The molecule has 2 aromatic heterocycles. The molecule has 0 radical (unpaired) electrons. The summed E-state index contributed by atoms with van der Waals surface area (Å²) in [6, 6.07) is 11.3. The van der Waals surface area contributed by atoms with Crippen LogP contribution in [0, 0.1) is 0 Å². The number of aromatic nitrogens is 2. The number of hydrogen-bond acceptors (Lipinski definition) is 7. The zero-order valence-corrected chi connectivity index (χ0v) is 16.1. The molecule has 3 heterocycles. The molecule has 8 heteroatoms. The molecular weight excluding hydrogens is 378 g/mol. The average molecular weight is 397 g/mol. The number of pyridine rings is 1. The second-order valence-corrected chi connectivity index (χ2v) is 6.98. The highest BCUT2D eigenvalue weighted by Gasteiger charge is 2.26. The second kappa shape index (κ2) is 8.26. The first-order valence-corrected chi connectivity index (χ1v) is 9.76. The normalized spacial score (nSPS) is 13.4. The van der Waals surface area contributed by atoms with E-state index in [0.717, 1.165) is 21.7 Å². The molecule has 1 amide bonds. The predicted molar refractivity (Wildman–Crippen MR) is 106 cm³/mol. The van der Waals surface area contributed by atoms with Gasteiger partial charge in [0.2, 0.25) is 5.76 Å². The van der Waals surface area contributed by atoms with E-state index in [0.29, 0.717) is 25.0 Å². The van der Waals surface area contributed by atoms with Gasteiger partial charge in [-0.15, -0.1) is 0 Å². The van der Waals surface area contributed by atoms with Crippen molar-refractivity contribution in [3.8, 4) is 5.75 Å². The molecule has 0 saturated heterocycles. The van der Waals surface area contributed by atoms with Gasteiger partial charge < -0.3 is 14.2 Å². The fourth-order valence-corrected chi connectivity index (χ4v) is 3.75. The van der Waals surface area contributed by atoms with Crippen molar-refractivity contribution in [2.45, 2.75) is 13.5 Å². The van der Waals surface area contributed by atoms with Crippen molar-refractivity contribution in [2.24, 2.45) is 0 Å². The highest BCUT2D eigenvalue weighted by molar-refractivity contribution is 7.22. The van der Waals surface area contributed by atoms with Crippen LogP contribution in [0.5, 0.6) is 5.75 Å². The van der Waals surface area contributed by atoms with Crippen LogP contribution in [-0.4, -0.2) is 35.7 Å². The van der Waals surface area contributed by atoms with Gasteiger partial charge in [-0.2, -0.15) is 0 Å². The zero-order chi connectivity index (χ0) is 19.3. The van der Waals surface area contributed by atoms with Crippen LogP contribution in [0.2, 0.25) is 0 Å². The number of thiazole rings is 1. The van der Waals surface area contributed by atoms with Gasteiger partial charge in [-0.1, -0.05) is 17.4 Å². The third-order valence-corrected chi connectivity index (χ3v) is 5.08. The van der Waals surface area contributed by atoms with Gasteiger partial charge in [0.1, 0.15) is 25.2 Å². The molecule has 4 rings (SSSR count). The SMILES string of the molecule is CCOc1ccc2nc(N(Cc3ccccn3)C(=O)C3=COCCO3)sc2c1. The van der Waals surface area contributed by atoms with Crippen molar-refractivity contribution in [3.05, 3.63) is 60.3 Å². The summed E-state index contributed by atoms with van der Waals surface area (Å²) in [5.41, 5.74) is 1.56. The van der Waals surface area contributed by atoms with Crippen molar-refractivity contribution in [1.29, 1.82) is 0 Å². The Hall–Kier alpha value is -3.13. The van der Waals surface area contributed by atoms with Gasteiger partial charge in [-0.05, 0) is 37.3 Å². The predicted octanol–water partition coefficient (Wildman–Crippen LogP) is 3.51. The maximum Gasteiger partial charge on any atom is 0.298 e. The highest BCUT2D eigenvalue weighted by Crippen LogP contribution is 2.33. The molecule has 28 heavy (non-hydrogen) atoms. The van der Waals surface area contributed by atoms with Crippen LogP contribution in [0.25, 0.3) is 10.2 Å². The van der Waals surface area contributed by atoms with E-state index >= 15 is 0 Å². The highest BCUT2D eigenvalue weighted by atomic mass is 32.1. The van der Waals surface area contributed by atoms with E-state index in [2.05, 4.69) is 9.97 Å². The Morgan fingerprint density at radius 1 is 1.29 bits per heavy atom. The second-order valence-electron chi connectivity index (χ2n) is 5.97. The first-order chi connectivity index (χ1) is 13.7. The summed E-state index contributed by atoms with van der Waals surface area (Å²) in [5, 5.41) is 0.564. The molecule has 0 spiro atoms. The topological polar surface area (TPSA) is 73.8 Å². The van der Waals surface area contributed by atoms with Crippen molar-refractivity contribution in [2.75, 3.05) is 24.7 Å². The molecule has 0 aliphatic carbocycles. The van der Waals surface area contributed by atoms with Gasteiger partial charge in [-0.3, -0.25) is 14.7 Å². The van der Waals surface area contributed by atoms with E-state index in [1.54, 1.807) is 11.1 Å². The monoisotopic (exact) mass is 397 g/mol. The molecule has 1 aliphatic heterocycles. The zero-order valence-electron chi connectivity index (χ0n) is 15.3. The maximum absolute atomic E-state index is 13.1. The molecule has 0 bridgehead atoms. The van der Waals surface area contributed by atoms with E-state index in [-0.39, 0.29) is 18.2 Å². The quantitative estimate of drug-likeness (QED) is 0.634. The van der Waals surface area contributed by atoms with Gasteiger partial charge >= 0.3 is 0 Å². The molecule has 0 fully saturated rings. The lowest BCUT2D eigenvalue weighted by atomic mass is 10.3. The minimum atomic E-state index is -0.311. The minimum absolute atomic E-state index is 0.163. The van der Waals surface area contributed by atoms with E-state index in [4.69, 9.17) is 14.2 Å². The van der Waals surface area contributed by atoms with Crippen molar-refractivity contribution in [3.63, 3.8) is 0 Å². The fourth-order valence-electron chi connectivity index (χ4n) is 2.76. The molecule has 1 aliphatic rings. The van der Waals surface area contributed by atoms with Crippen molar-refractivity contribution in [1.82, 2.24) is 9.97 Å². The lowest BCUT2D eigenvalue weighted by Gasteiger charge is -2.22. The molecule has 7 nitrogen and oxygen atoms in total. The molecule has 0 saturated carbocycles. The Kier molecular flexibility index (Phi) is 5.38. The number of benzene rings is 1.